The number of hydrogen-bond acceptors (Lipinski definition) is 4. The van der Waals surface area contributed by atoms with E-state index in [0.717, 1.165) is 17.9 Å². The van der Waals surface area contributed by atoms with Crippen molar-refractivity contribution in [1.29, 1.82) is 0 Å². The molecule has 2 unspecified atom stereocenters. The predicted molar refractivity (Wildman–Crippen MR) is 92.0 cm³/mol. The molecule has 0 aromatic heterocycles. The number of amides is 1. The Bertz CT molecular complexity index is 492. The van der Waals surface area contributed by atoms with Crippen molar-refractivity contribution >= 4 is 29.0 Å². The number of nitrogens with two attached hydrogens (primary N) is 1. The second-order valence-electron chi connectivity index (χ2n) is 5.34. The zero-order valence-electron chi connectivity index (χ0n) is 12.8. The van der Waals surface area contributed by atoms with Crippen molar-refractivity contribution in [3.63, 3.8) is 0 Å². The molecule has 5 heteroatoms. The van der Waals surface area contributed by atoms with E-state index >= 15 is 0 Å². The summed E-state index contributed by atoms with van der Waals surface area (Å²) in [5.74, 6) is 1.08. The van der Waals surface area contributed by atoms with E-state index in [2.05, 4.69) is 17.6 Å². The fourth-order valence-electron chi connectivity index (χ4n) is 2.84. The Labute approximate surface area is 131 Å². The molecule has 2 atom stereocenters. The zero-order chi connectivity index (χ0) is 15.2. The average molecular weight is 307 g/mol. The zero-order valence-corrected chi connectivity index (χ0v) is 13.6. The Balaban J connectivity index is 2.18. The molecule has 116 valence electrons. The van der Waals surface area contributed by atoms with Crippen LogP contribution >= 0.6 is 11.8 Å². The standard InChI is InChI=1S/C16H25N3OS/c1-3-18-16(20)12-9-8-11(17)10-14(12)19-13-6-5-7-15(13)21-4-2/h8-10,13,15,19H,3-7,17H2,1-2H3,(H,18,20). The summed E-state index contributed by atoms with van der Waals surface area (Å²) in [6.45, 7) is 4.74. The van der Waals surface area contributed by atoms with E-state index in [1.807, 2.05) is 24.8 Å². The van der Waals surface area contributed by atoms with Gasteiger partial charge in [-0.25, -0.2) is 0 Å². The lowest BCUT2D eigenvalue weighted by Gasteiger charge is -2.23. The van der Waals surface area contributed by atoms with Gasteiger partial charge in [0.15, 0.2) is 0 Å². The Hall–Kier alpha value is -1.36. The van der Waals surface area contributed by atoms with Gasteiger partial charge in [0.1, 0.15) is 0 Å². The van der Waals surface area contributed by atoms with Crippen LogP contribution in [0.3, 0.4) is 0 Å². The van der Waals surface area contributed by atoms with Crippen LogP contribution in [0, 0.1) is 0 Å². The van der Waals surface area contributed by atoms with E-state index < -0.39 is 0 Å². The smallest absolute Gasteiger partial charge is 0.253 e. The highest BCUT2D eigenvalue weighted by atomic mass is 32.2. The Morgan fingerprint density at radius 3 is 2.90 bits per heavy atom. The van der Waals surface area contributed by atoms with Gasteiger partial charge < -0.3 is 16.4 Å². The summed E-state index contributed by atoms with van der Waals surface area (Å²) in [7, 11) is 0. The van der Waals surface area contributed by atoms with Gasteiger partial charge in [-0.15, -0.1) is 0 Å². The molecule has 2 rings (SSSR count). The average Bonchev–Trinajstić information content (AvgIpc) is 2.87. The van der Waals surface area contributed by atoms with Gasteiger partial charge in [-0.2, -0.15) is 11.8 Å². The van der Waals surface area contributed by atoms with Crippen molar-refractivity contribution in [3.05, 3.63) is 23.8 Å². The molecule has 1 aliphatic carbocycles. The van der Waals surface area contributed by atoms with E-state index in [-0.39, 0.29) is 5.91 Å². The highest BCUT2D eigenvalue weighted by Gasteiger charge is 2.28. The van der Waals surface area contributed by atoms with Gasteiger partial charge in [-0.3, -0.25) is 4.79 Å². The van der Waals surface area contributed by atoms with Crippen LogP contribution in [0.15, 0.2) is 18.2 Å². The summed E-state index contributed by atoms with van der Waals surface area (Å²) < 4.78 is 0. The number of carbonyl (C=O) groups is 1. The molecule has 0 saturated heterocycles. The second kappa shape index (κ2) is 7.59. The Kier molecular flexibility index (Phi) is 5.79. The van der Waals surface area contributed by atoms with E-state index in [0.29, 0.717) is 29.1 Å². The first kappa shape index (κ1) is 16.0. The Morgan fingerprint density at radius 1 is 1.38 bits per heavy atom. The topological polar surface area (TPSA) is 67.2 Å². The summed E-state index contributed by atoms with van der Waals surface area (Å²) in [6.07, 6.45) is 3.64. The third-order valence-corrected chi connectivity index (χ3v) is 5.13. The summed E-state index contributed by atoms with van der Waals surface area (Å²) in [6, 6.07) is 5.88. The molecule has 0 spiro atoms. The molecule has 4 nitrogen and oxygen atoms in total. The molecule has 0 bridgehead atoms. The van der Waals surface area contributed by atoms with Gasteiger partial charge in [-0.05, 0) is 43.7 Å². The van der Waals surface area contributed by atoms with Gasteiger partial charge in [0.25, 0.3) is 5.91 Å². The maximum atomic E-state index is 12.2. The monoisotopic (exact) mass is 307 g/mol. The number of carbonyl (C=O) groups excluding carboxylic acids is 1. The second-order valence-corrected chi connectivity index (χ2v) is 6.86. The molecule has 21 heavy (non-hydrogen) atoms. The SMILES string of the molecule is CCNC(=O)c1ccc(N)cc1NC1CCCC1SCC. The third-order valence-electron chi connectivity index (χ3n) is 3.80. The first-order chi connectivity index (χ1) is 10.2. The first-order valence-electron chi connectivity index (χ1n) is 7.71. The van der Waals surface area contributed by atoms with Crippen molar-refractivity contribution in [3.8, 4) is 0 Å². The number of thioether (sulfide) groups is 1. The molecule has 1 aromatic rings. The minimum atomic E-state index is -0.0438. The van der Waals surface area contributed by atoms with Crippen LogP contribution in [-0.4, -0.2) is 29.5 Å². The maximum Gasteiger partial charge on any atom is 0.253 e. The van der Waals surface area contributed by atoms with E-state index in [9.17, 15) is 4.79 Å². The summed E-state index contributed by atoms with van der Waals surface area (Å²) in [5.41, 5.74) is 8.11. The Morgan fingerprint density at radius 2 is 2.19 bits per heavy atom. The van der Waals surface area contributed by atoms with Crippen molar-refractivity contribution in [2.24, 2.45) is 0 Å². The van der Waals surface area contributed by atoms with E-state index in [1.54, 1.807) is 12.1 Å². The van der Waals surface area contributed by atoms with Crippen molar-refractivity contribution in [1.82, 2.24) is 5.32 Å². The molecule has 0 aliphatic heterocycles. The van der Waals surface area contributed by atoms with Crippen molar-refractivity contribution in [2.75, 3.05) is 23.3 Å². The van der Waals surface area contributed by atoms with Gasteiger partial charge in [-0.1, -0.05) is 13.3 Å². The van der Waals surface area contributed by atoms with E-state index in [1.165, 1.54) is 12.8 Å². The normalized spacial score (nSPS) is 21.2. The molecule has 0 heterocycles. The first-order valence-corrected chi connectivity index (χ1v) is 8.76. The quantitative estimate of drug-likeness (QED) is 0.707. The molecule has 1 saturated carbocycles. The van der Waals surface area contributed by atoms with Gasteiger partial charge >= 0.3 is 0 Å². The van der Waals surface area contributed by atoms with Crippen LogP contribution in [0.2, 0.25) is 0 Å². The van der Waals surface area contributed by atoms with Crippen molar-refractivity contribution < 1.29 is 4.79 Å². The van der Waals surface area contributed by atoms with Gasteiger partial charge in [0.2, 0.25) is 0 Å². The molecule has 1 aromatic carbocycles. The predicted octanol–water partition coefficient (Wildman–Crippen LogP) is 3.10. The number of hydrogen-bond donors (Lipinski definition) is 3. The molecule has 4 N–H and O–H groups in total. The number of nitrogen functional groups attached to an aromatic ring is 1. The van der Waals surface area contributed by atoms with Crippen LogP contribution in [0.4, 0.5) is 11.4 Å². The third kappa shape index (κ3) is 4.06. The lowest BCUT2D eigenvalue weighted by atomic mass is 10.1. The van der Waals surface area contributed by atoms with Crippen LogP contribution in [0.5, 0.6) is 0 Å². The van der Waals surface area contributed by atoms with Gasteiger partial charge in [0.05, 0.1) is 5.56 Å². The van der Waals surface area contributed by atoms with Crippen LogP contribution in [-0.2, 0) is 0 Å². The number of anilines is 2. The van der Waals surface area contributed by atoms with Gasteiger partial charge in [0, 0.05) is 29.2 Å². The number of benzene rings is 1. The minimum Gasteiger partial charge on any atom is -0.399 e. The molecule has 1 amide bonds. The molecular weight excluding hydrogens is 282 g/mol. The molecular formula is C16H25N3OS. The van der Waals surface area contributed by atoms with Crippen LogP contribution in [0.25, 0.3) is 0 Å². The van der Waals surface area contributed by atoms with Crippen molar-refractivity contribution in [2.45, 2.75) is 44.4 Å². The molecule has 1 fully saturated rings. The fourth-order valence-corrected chi connectivity index (χ4v) is 4.04. The summed E-state index contributed by atoms with van der Waals surface area (Å²) in [4.78, 5) is 12.2. The minimum absolute atomic E-state index is 0.0438. The molecule has 1 aliphatic rings. The fraction of sp³-hybridized carbons (Fsp3) is 0.562. The lowest BCUT2D eigenvalue weighted by Crippen LogP contribution is -2.29. The highest BCUT2D eigenvalue weighted by Crippen LogP contribution is 2.33. The van der Waals surface area contributed by atoms with Crippen LogP contribution < -0.4 is 16.4 Å². The lowest BCUT2D eigenvalue weighted by molar-refractivity contribution is 0.0956. The highest BCUT2D eigenvalue weighted by molar-refractivity contribution is 7.99. The maximum absolute atomic E-state index is 12.2. The van der Waals surface area contributed by atoms with E-state index in [4.69, 9.17) is 5.73 Å². The number of nitrogens with one attached hydrogen (secondary N) is 2. The van der Waals surface area contributed by atoms with Crippen LogP contribution in [0.1, 0.15) is 43.5 Å². The largest absolute Gasteiger partial charge is 0.399 e. The molecule has 0 radical (unpaired) electrons. The number of rotatable bonds is 6. The summed E-state index contributed by atoms with van der Waals surface area (Å²) in [5, 5.41) is 7.04. The summed E-state index contributed by atoms with van der Waals surface area (Å²) >= 11 is 2.00.